The molecule has 0 radical (unpaired) electrons. The smallest absolute Gasteiger partial charge is 0.407 e. The molecule has 1 aromatic carbocycles. The molecule has 0 aromatic heterocycles. The lowest BCUT2D eigenvalue weighted by atomic mass is 10.0. The molecule has 6 heteroatoms. The molecule has 1 amide bonds. The van der Waals surface area contributed by atoms with E-state index in [-0.39, 0.29) is 12.6 Å². The summed E-state index contributed by atoms with van der Waals surface area (Å²) in [6.45, 7) is 1.63. The van der Waals surface area contributed by atoms with Gasteiger partial charge in [-0.15, -0.1) is 0 Å². The Morgan fingerprint density at radius 3 is 2.79 bits per heavy atom. The lowest BCUT2D eigenvalue weighted by molar-refractivity contribution is -0.118. The number of Topliss-reactive ketones (excluding diaryl/α,β-unsaturated/α-hetero) is 1. The van der Waals surface area contributed by atoms with Gasteiger partial charge in [0.25, 0.3) is 0 Å². The first-order valence-electron chi connectivity index (χ1n) is 5.83. The van der Waals surface area contributed by atoms with E-state index in [2.05, 4.69) is 10.1 Å². The monoisotopic (exact) mass is 265 g/mol. The summed E-state index contributed by atoms with van der Waals surface area (Å²) >= 11 is 0. The summed E-state index contributed by atoms with van der Waals surface area (Å²) in [5, 5.41) is 2.50. The fourth-order valence-electron chi connectivity index (χ4n) is 1.80. The standard InChI is InChI=1S/C13H15NO5/c1-8(15)10(14-13(16)17-2)5-9-3-4-11-12(6-9)19-7-18-11/h3-4,6,10H,5,7H2,1-2H3,(H,14,16)/t10-/m0/s1. The molecule has 0 saturated heterocycles. The highest BCUT2D eigenvalue weighted by molar-refractivity contribution is 5.85. The largest absolute Gasteiger partial charge is 0.454 e. The summed E-state index contributed by atoms with van der Waals surface area (Å²) in [5.41, 5.74) is 0.876. The molecule has 102 valence electrons. The molecular weight excluding hydrogens is 250 g/mol. The van der Waals surface area contributed by atoms with Crippen LogP contribution in [0.2, 0.25) is 0 Å². The van der Waals surface area contributed by atoms with Crippen molar-refractivity contribution in [3.05, 3.63) is 23.8 Å². The lowest BCUT2D eigenvalue weighted by Crippen LogP contribution is -2.41. The molecule has 2 rings (SSSR count). The van der Waals surface area contributed by atoms with Gasteiger partial charge in [-0.25, -0.2) is 4.79 Å². The number of carbonyl (C=O) groups is 2. The minimum absolute atomic E-state index is 0.136. The van der Waals surface area contributed by atoms with Crippen LogP contribution in [0.3, 0.4) is 0 Å². The van der Waals surface area contributed by atoms with Crippen LogP contribution in [0.15, 0.2) is 18.2 Å². The van der Waals surface area contributed by atoms with Gasteiger partial charge in [0.05, 0.1) is 13.2 Å². The minimum atomic E-state index is -0.624. The van der Waals surface area contributed by atoms with Crippen LogP contribution in [-0.2, 0) is 16.0 Å². The number of methoxy groups -OCH3 is 1. The summed E-state index contributed by atoms with van der Waals surface area (Å²) in [5.74, 6) is 1.20. The zero-order chi connectivity index (χ0) is 13.8. The van der Waals surface area contributed by atoms with Crippen molar-refractivity contribution in [3.63, 3.8) is 0 Å². The van der Waals surface area contributed by atoms with Gasteiger partial charge in [0.15, 0.2) is 17.3 Å². The fourth-order valence-corrected chi connectivity index (χ4v) is 1.80. The molecule has 0 fully saturated rings. The second kappa shape index (κ2) is 5.60. The van der Waals surface area contributed by atoms with Crippen molar-refractivity contribution >= 4 is 11.9 Å². The summed E-state index contributed by atoms with van der Waals surface area (Å²) < 4.78 is 15.0. The maximum atomic E-state index is 11.5. The van der Waals surface area contributed by atoms with Gasteiger partial charge in [0, 0.05) is 0 Å². The molecule has 6 nitrogen and oxygen atoms in total. The summed E-state index contributed by atoms with van der Waals surface area (Å²) in [6, 6.07) is 4.81. The van der Waals surface area contributed by atoms with Crippen LogP contribution in [0.4, 0.5) is 4.79 Å². The second-order valence-corrected chi connectivity index (χ2v) is 4.19. The molecule has 19 heavy (non-hydrogen) atoms. The molecule has 1 aliphatic heterocycles. The van der Waals surface area contributed by atoms with Gasteiger partial charge >= 0.3 is 6.09 Å². The normalized spacial score (nSPS) is 13.8. The van der Waals surface area contributed by atoms with E-state index < -0.39 is 12.1 Å². The Balaban J connectivity index is 2.08. The molecular formula is C13H15NO5. The number of rotatable bonds is 4. The van der Waals surface area contributed by atoms with Crippen LogP contribution < -0.4 is 14.8 Å². The zero-order valence-corrected chi connectivity index (χ0v) is 10.8. The number of ether oxygens (including phenoxy) is 3. The first-order chi connectivity index (χ1) is 9.10. The maximum Gasteiger partial charge on any atom is 0.407 e. The molecule has 0 bridgehead atoms. The van der Waals surface area contributed by atoms with Crippen LogP contribution in [0.5, 0.6) is 11.5 Å². The highest BCUT2D eigenvalue weighted by Gasteiger charge is 2.20. The SMILES string of the molecule is COC(=O)N[C@@H](Cc1ccc2c(c1)OCO2)C(C)=O. The van der Waals surface area contributed by atoms with E-state index in [0.717, 1.165) is 5.56 Å². The average molecular weight is 265 g/mol. The number of amides is 1. The molecule has 0 unspecified atom stereocenters. The zero-order valence-electron chi connectivity index (χ0n) is 10.8. The van der Waals surface area contributed by atoms with Crippen molar-refractivity contribution in [1.82, 2.24) is 5.32 Å². The van der Waals surface area contributed by atoms with Crippen molar-refractivity contribution in [1.29, 1.82) is 0 Å². The molecule has 1 N–H and O–H groups in total. The van der Waals surface area contributed by atoms with Crippen molar-refractivity contribution in [2.24, 2.45) is 0 Å². The van der Waals surface area contributed by atoms with Crippen LogP contribution in [0.25, 0.3) is 0 Å². The quantitative estimate of drug-likeness (QED) is 0.887. The average Bonchev–Trinajstić information content (AvgIpc) is 2.85. The number of nitrogens with one attached hydrogen (secondary N) is 1. The van der Waals surface area contributed by atoms with E-state index >= 15 is 0 Å². The van der Waals surface area contributed by atoms with E-state index in [1.54, 1.807) is 12.1 Å². The molecule has 1 atom stereocenters. The minimum Gasteiger partial charge on any atom is -0.454 e. The number of hydrogen-bond donors (Lipinski definition) is 1. The molecule has 1 aliphatic rings. The third-order valence-electron chi connectivity index (χ3n) is 2.85. The Labute approximate surface area is 110 Å². The first-order valence-corrected chi connectivity index (χ1v) is 5.83. The van der Waals surface area contributed by atoms with Crippen LogP contribution in [0, 0.1) is 0 Å². The summed E-state index contributed by atoms with van der Waals surface area (Å²) in [7, 11) is 1.26. The molecule has 0 aliphatic carbocycles. The predicted octanol–water partition coefficient (Wildman–Crippen LogP) is 1.27. The van der Waals surface area contributed by atoms with Crippen LogP contribution >= 0.6 is 0 Å². The maximum absolute atomic E-state index is 11.5. The third-order valence-corrected chi connectivity index (χ3v) is 2.85. The number of carbonyl (C=O) groups excluding carboxylic acids is 2. The second-order valence-electron chi connectivity index (χ2n) is 4.19. The molecule has 0 spiro atoms. The highest BCUT2D eigenvalue weighted by atomic mass is 16.7. The van der Waals surface area contributed by atoms with E-state index in [1.807, 2.05) is 6.07 Å². The van der Waals surface area contributed by atoms with Gasteiger partial charge in [0.2, 0.25) is 6.79 Å². The summed E-state index contributed by atoms with van der Waals surface area (Å²) in [6.07, 6.45) is -0.248. The van der Waals surface area contributed by atoms with Gasteiger partial charge in [-0.2, -0.15) is 0 Å². The number of hydrogen-bond acceptors (Lipinski definition) is 5. The molecule has 1 aromatic rings. The van der Waals surface area contributed by atoms with Gasteiger partial charge in [0.1, 0.15) is 0 Å². The van der Waals surface area contributed by atoms with E-state index in [9.17, 15) is 9.59 Å². The first kappa shape index (κ1) is 13.2. The Morgan fingerprint density at radius 2 is 2.11 bits per heavy atom. The van der Waals surface area contributed by atoms with Gasteiger partial charge in [-0.3, -0.25) is 4.79 Å². The van der Waals surface area contributed by atoms with E-state index in [4.69, 9.17) is 9.47 Å². The number of benzene rings is 1. The van der Waals surface area contributed by atoms with Gasteiger partial charge < -0.3 is 19.5 Å². The van der Waals surface area contributed by atoms with E-state index in [0.29, 0.717) is 17.9 Å². The van der Waals surface area contributed by atoms with Crippen LogP contribution in [-0.4, -0.2) is 31.8 Å². The van der Waals surface area contributed by atoms with Crippen molar-refractivity contribution < 1.29 is 23.8 Å². The molecule has 1 heterocycles. The fraction of sp³-hybridized carbons (Fsp3) is 0.385. The van der Waals surface area contributed by atoms with E-state index in [1.165, 1.54) is 14.0 Å². The van der Waals surface area contributed by atoms with Gasteiger partial charge in [-0.1, -0.05) is 6.07 Å². The van der Waals surface area contributed by atoms with Crippen molar-refractivity contribution in [3.8, 4) is 11.5 Å². The van der Waals surface area contributed by atoms with Crippen molar-refractivity contribution in [2.45, 2.75) is 19.4 Å². The predicted molar refractivity (Wildman–Crippen MR) is 66.3 cm³/mol. The Kier molecular flexibility index (Phi) is 3.89. The number of fused-ring (bicyclic) bond motifs is 1. The van der Waals surface area contributed by atoms with Gasteiger partial charge in [-0.05, 0) is 31.0 Å². The van der Waals surface area contributed by atoms with Crippen LogP contribution in [0.1, 0.15) is 12.5 Å². The Hall–Kier alpha value is -2.24. The third kappa shape index (κ3) is 3.15. The number of alkyl carbamates (subject to hydrolysis) is 1. The highest BCUT2D eigenvalue weighted by Crippen LogP contribution is 2.32. The Bertz CT molecular complexity index is 500. The van der Waals surface area contributed by atoms with Crippen molar-refractivity contribution in [2.75, 3.05) is 13.9 Å². The Morgan fingerprint density at radius 1 is 1.37 bits per heavy atom. The number of ketones is 1. The molecule has 0 saturated carbocycles. The lowest BCUT2D eigenvalue weighted by Gasteiger charge is -2.15. The topological polar surface area (TPSA) is 73.9 Å². The summed E-state index contributed by atoms with van der Waals surface area (Å²) in [4.78, 5) is 22.7.